The Morgan fingerprint density at radius 3 is 2.96 bits per heavy atom. The molecule has 0 aromatic carbocycles. The molecular weight excluding hydrogens is 320 g/mol. The molecule has 9 heteroatoms. The number of ether oxygens (including phenoxy) is 2. The van der Waals surface area contributed by atoms with Crippen LogP contribution in [0.5, 0.6) is 5.88 Å². The van der Waals surface area contributed by atoms with Crippen LogP contribution in [0.1, 0.15) is 12.8 Å². The van der Waals surface area contributed by atoms with Crippen LogP contribution in [0, 0.1) is 5.92 Å². The lowest BCUT2D eigenvalue weighted by atomic mass is 9.79. The largest absolute Gasteiger partial charge is 0.481 e. The predicted molar refractivity (Wildman–Crippen MR) is 85.1 cm³/mol. The summed E-state index contributed by atoms with van der Waals surface area (Å²) in [7, 11) is -1.56. The quantitative estimate of drug-likeness (QED) is 0.779. The Balaban J connectivity index is 1.58. The van der Waals surface area contributed by atoms with Crippen LogP contribution < -0.4 is 14.4 Å². The maximum Gasteiger partial charge on any atom is 0.218 e. The van der Waals surface area contributed by atoms with Crippen molar-refractivity contribution in [2.75, 3.05) is 44.5 Å². The zero-order valence-electron chi connectivity index (χ0n) is 13.4. The summed E-state index contributed by atoms with van der Waals surface area (Å²) in [4.78, 5) is 10.4. The van der Waals surface area contributed by atoms with Gasteiger partial charge in [-0.2, -0.15) is 0 Å². The fourth-order valence-electron chi connectivity index (χ4n) is 3.34. The van der Waals surface area contributed by atoms with Crippen LogP contribution in [0.2, 0.25) is 0 Å². The zero-order valence-corrected chi connectivity index (χ0v) is 14.2. The Hall–Kier alpha value is -1.45. The van der Waals surface area contributed by atoms with Crippen molar-refractivity contribution in [2.24, 2.45) is 5.92 Å². The van der Waals surface area contributed by atoms with Gasteiger partial charge < -0.3 is 14.4 Å². The molecule has 1 atom stereocenters. The Morgan fingerprint density at radius 1 is 1.48 bits per heavy atom. The third-order valence-electron chi connectivity index (χ3n) is 4.53. The summed E-state index contributed by atoms with van der Waals surface area (Å²) >= 11 is 0. The fraction of sp³-hybridized carbons (Fsp3) is 0.714. The van der Waals surface area contributed by atoms with Gasteiger partial charge in [-0.1, -0.05) is 0 Å². The van der Waals surface area contributed by atoms with Crippen LogP contribution in [0.15, 0.2) is 12.4 Å². The monoisotopic (exact) mass is 342 g/mol. The number of aromatic nitrogens is 2. The molecule has 0 aliphatic carbocycles. The minimum Gasteiger partial charge on any atom is -0.481 e. The van der Waals surface area contributed by atoms with Crippen LogP contribution in [-0.2, 0) is 14.8 Å². The first-order valence-electron chi connectivity index (χ1n) is 7.61. The molecule has 1 aromatic heterocycles. The molecule has 23 heavy (non-hydrogen) atoms. The van der Waals surface area contributed by atoms with Crippen LogP contribution in [-0.4, -0.2) is 63.6 Å². The summed E-state index contributed by atoms with van der Waals surface area (Å²) < 4.78 is 36.0. The summed E-state index contributed by atoms with van der Waals surface area (Å²) in [5.41, 5.74) is -0.183. The Kier molecular flexibility index (Phi) is 4.43. The highest BCUT2D eigenvalue weighted by atomic mass is 32.2. The van der Waals surface area contributed by atoms with Gasteiger partial charge in [-0.05, 0) is 18.8 Å². The number of sulfonamides is 1. The van der Waals surface area contributed by atoms with Crippen LogP contribution in [0.4, 0.5) is 5.82 Å². The average Bonchev–Trinajstić information content (AvgIpc) is 2.88. The van der Waals surface area contributed by atoms with Crippen molar-refractivity contribution in [2.45, 2.75) is 18.4 Å². The first kappa shape index (κ1) is 16.4. The number of hydrogen-bond donors (Lipinski definition) is 1. The minimum absolute atomic E-state index is 0.183. The van der Waals surface area contributed by atoms with E-state index in [1.807, 2.05) is 6.07 Å². The average molecular weight is 342 g/mol. The highest BCUT2D eigenvalue weighted by Gasteiger charge is 2.53. The van der Waals surface area contributed by atoms with Crippen molar-refractivity contribution in [3.8, 4) is 5.88 Å². The molecule has 2 aliphatic heterocycles. The Morgan fingerprint density at radius 2 is 2.26 bits per heavy atom. The van der Waals surface area contributed by atoms with Gasteiger partial charge in [0, 0.05) is 19.2 Å². The maximum atomic E-state index is 11.2. The second-order valence-corrected chi connectivity index (χ2v) is 7.96. The fourth-order valence-corrected chi connectivity index (χ4v) is 3.83. The minimum atomic E-state index is -3.14. The number of anilines is 1. The smallest absolute Gasteiger partial charge is 0.218 e. The van der Waals surface area contributed by atoms with Crippen molar-refractivity contribution < 1.29 is 17.9 Å². The Bertz CT molecular complexity index is 660. The third kappa shape index (κ3) is 3.56. The highest BCUT2D eigenvalue weighted by molar-refractivity contribution is 7.88. The molecule has 1 spiro atoms. The third-order valence-corrected chi connectivity index (χ3v) is 5.26. The van der Waals surface area contributed by atoms with Gasteiger partial charge in [-0.3, -0.25) is 0 Å². The molecule has 0 radical (unpaired) electrons. The molecule has 0 bridgehead atoms. The zero-order chi connectivity index (χ0) is 16.5. The van der Waals surface area contributed by atoms with Gasteiger partial charge >= 0.3 is 0 Å². The molecule has 2 aliphatic rings. The molecule has 3 heterocycles. The van der Waals surface area contributed by atoms with E-state index in [1.165, 1.54) is 12.6 Å². The van der Waals surface area contributed by atoms with E-state index in [-0.39, 0.29) is 5.60 Å². The summed E-state index contributed by atoms with van der Waals surface area (Å²) in [6.07, 6.45) is 4.42. The van der Waals surface area contributed by atoms with E-state index in [2.05, 4.69) is 19.6 Å². The molecule has 1 aromatic rings. The summed E-state index contributed by atoms with van der Waals surface area (Å²) in [6.45, 7) is 2.70. The normalized spacial score (nSPS) is 23.0. The van der Waals surface area contributed by atoms with Crippen LogP contribution in [0.3, 0.4) is 0 Å². The molecule has 128 valence electrons. The van der Waals surface area contributed by atoms with Crippen molar-refractivity contribution in [1.29, 1.82) is 0 Å². The standard InChI is InChI=1S/C14H22N4O4S/c1-21-13-7-12(15-10-16-13)18-8-14(9-18)11(4-6-22-14)3-5-17-23(2,19)20/h7,10-11,17H,3-6,8-9H2,1-2H3. The van der Waals surface area contributed by atoms with Gasteiger partial charge in [-0.15, -0.1) is 0 Å². The van der Waals surface area contributed by atoms with Gasteiger partial charge in [0.05, 0.1) is 26.5 Å². The number of nitrogens with zero attached hydrogens (tertiary/aromatic N) is 3. The van der Waals surface area contributed by atoms with Gasteiger partial charge in [0.2, 0.25) is 15.9 Å². The maximum absolute atomic E-state index is 11.2. The summed E-state index contributed by atoms with van der Waals surface area (Å²) in [6, 6.07) is 1.81. The van der Waals surface area contributed by atoms with E-state index < -0.39 is 10.0 Å². The van der Waals surface area contributed by atoms with E-state index in [1.54, 1.807) is 7.11 Å². The van der Waals surface area contributed by atoms with Crippen LogP contribution in [0.25, 0.3) is 0 Å². The topological polar surface area (TPSA) is 93.7 Å². The predicted octanol–water partition coefficient (Wildman–Crippen LogP) is 0.0198. The van der Waals surface area contributed by atoms with E-state index in [0.29, 0.717) is 18.3 Å². The first-order valence-corrected chi connectivity index (χ1v) is 9.51. The summed E-state index contributed by atoms with van der Waals surface area (Å²) in [5.74, 6) is 1.72. The molecule has 8 nitrogen and oxygen atoms in total. The van der Waals surface area contributed by atoms with Gasteiger partial charge in [0.1, 0.15) is 17.7 Å². The lowest BCUT2D eigenvalue weighted by molar-refractivity contribution is -0.0454. The second kappa shape index (κ2) is 6.21. The highest BCUT2D eigenvalue weighted by Crippen LogP contribution is 2.43. The molecule has 2 fully saturated rings. The molecule has 0 saturated carbocycles. The van der Waals surface area contributed by atoms with Crippen molar-refractivity contribution >= 4 is 15.8 Å². The van der Waals surface area contributed by atoms with Crippen molar-refractivity contribution in [1.82, 2.24) is 14.7 Å². The summed E-state index contributed by atoms with van der Waals surface area (Å²) in [5, 5.41) is 0. The lowest BCUT2D eigenvalue weighted by Crippen LogP contribution is -2.65. The number of hydrogen-bond acceptors (Lipinski definition) is 7. The second-order valence-electron chi connectivity index (χ2n) is 6.13. The molecule has 1 N–H and O–H groups in total. The van der Waals surface area contributed by atoms with Crippen molar-refractivity contribution in [3.63, 3.8) is 0 Å². The first-order chi connectivity index (χ1) is 10.9. The van der Waals surface area contributed by atoms with E-state index in [9.17, 15) is 8.42 Å². The molecule has 1 unspecified atom stereocenters. The SMILES string of the molecule is COc1cc(N2CC3(C2)OCCC3CCNS(C)(=O)=O)ncn1. The van der Waals surface area contributed by atoms with Gasteiger partial charge in [0.25, 0.3) is 0 Å². The number of rotatable bonds is 6. The van der Waals surface area contributed by atoms with E-state index in [0.717, 1.165) is 38.4 Å². The molecule has 2 saturated heterocycles. The molecule has 0 amide bonds. The molecular formula is C14H22N4O4S. The van der Waals surface area contributed by atoms with E-state index >= 15 is 0 Å². The lowest BCUT2D eigenvalue weighted by Gasteiger charge is -2.50. The van der Waals surface area contributed by atoms with Gasteiger partial charge in [-0.25, -0.2) is 23.1 Å². The van der Waals surface area contributed by atoms with Crippen LogP contribution >= 0.6 is 0 Å². The number of methoxy groups -OCH3 is 1. The van der Waals surface area contributed by atoms with Crippen molar-refractivity contribution in [3.05, 3.63) is 12.4 Å². The van der Waals surface area contributed by atoms with E-state index in [4.69, 9.17) is 9.47 Å². The van der Waals surface area contributed by atoms with Gasteiger partial charge in [0.15, 0.2) is 0 Å². The number of nitrogens with one attached hydrogen (secondary N) is 1. The molecule has 3 rings (SSSR count). The Labute approximate surface area is 136 Å².